The van der Waals surface area contributed by atoms with Crippen LogP contribution in [0.3, 0.4) is 0 Å². The highest BCUT2D eigenvalue weighted by atomic mass is 35.5. The summed E-state index contributed by atoms with van der Waals surface area (Å²) in [5.41, 5.74) is 2.45. The molecule has 0 saturated carbocycles. The van der Waals surface area contributed by atoms with Crippen molar-refractivity contribution in [2.24, 2.45) is 0 Å². The van der Waals surface area contributed by atoms with Crippen molar-refractivity contribution >= 4 is 39.1 Å². The first-order valence-corrected chi connectivity index (χ1v) is 14.9. The van der Waals surface area contributed by atoms with Gasteiger partial charge in [-0.15, -0.1) is 0 Å². The molecule has 0 aliphatic carbocycles. The highest BCUT2D eigenvalue weighted by molar-refractivity contribution is 7.92. The Morgan fingerprint density at radius 3 is 2.15 bits per heavy atom. The van der Waals surface area contributed by atoms with Crippen LogP contribution in [0.2, 0.25) is 5.02 Å². The lowest BCUT2D eigenvalue weighted by molar-refractivity contribution is -0.140. The summed E-state index contributed by atoms with van der Waals surface area (Å²) in [6.45, 7) is 7.22. The van der Waals surface area contributed by atoms with Gasteiger partial charge in [-0.05, 0) is 57.0 Å². The molecule has 3 rings (SSSR count). The minimum Gasteiger partial charge on any atom is -0.350 e. The molecule has 2 amide bonds. The van der Waals surface area contributed by atoms with Crippen molar-refractivity contribution in [3.8, 4) is 0 Å². The van der Waals surface area contributed by atoms with Crippen molar-refractivity contribution in [3.05, 3.63) is 101 Å². The number of nitrogens with one attached hydrogen (secondary N) is 1. The molecule has 0 aliphatic rings. The number of sulfonamides is 1. The first-order chi connectivity index (χ1) is 18.2. The number of hydrogen-bond donors (Lipinski definition) is 1. The number of carbonyl (C=O) groups is 2. The summed E-state index contributed by atoms with van der Waals surface area (Å²) in [4.78, 5) is 29.2. The number of benzene rings is 3. The van der Waals surface area contributed by atoms with Gasteiger partial charge in [-0.25, -0.2) is 8.42 Å². The lowest BCUT2D eigenvalue weighted by Crippen LogP contribution is -2.56. The Hall–Kier alpha value is -3.36. The van der Waals surface area contributed by atoms with Crippen molar-refractivity contribution in [2.45, 2.75) is 52.2 Å². The molecule has 0 heterocycles. The lowest BCUT2D eigenvalue weighted by atomic mass is 10.0. The molecule has 0 bridgehead atoms. The van der Waals surface area contributed by atoms with Crippen molar-refractivity contribution in [3.63, 3.8) is 0 Å². The summed E-state index contributed by atoms with van der Waals surface area (Å²) >= 11 is 6.13. The topological polar surface area (TPSA) is 86.8 Å². The van der Waals surface area contributed by atoms with Crippen LogP contribution in [0.25, 0.3) is 0 Å². The van der Waals surface area contributed by atoms with Gasteiger partial charge in [0.1, 0.15) is 12.6 Å². The summed E-state index contributed by atoms with van der Waals surface area (Å²) in [7, 11) is -3.85. The third-order valence-corrected chi connectivity index (χ3v) is 7.36. The average Bonchev–Trinajstić information content (AvgIpc) is 2.83. The Bertz CT molecular complexity index is 1400. The Labute approximate surface area is 236 Å². The Morgan fingerprint density at radius 2 is 1.56 bits per heavy atom. The van der Waals surface area contributed by atoms with Crippen LogP contribution in [0.1, 0.15) is 37.5 Å². The van der Waals surface area contributed by atoms with Gasteiger partial charge < -0.3 is 10.2 Å². The van der Waals surface area contributed by atoms with Gasteiger partial charge in [0, 0.05) is 23.5 Å². The Morgan fingerprint density at radius 1 is 0.923 bits per heavy atom. The minimum atomic E-state index is -3.85. The second-order valence-electron chi connectivity index (χ2n) is 10.7. The Kier molecular flexibility index (Phi) is 9.80. The molecule has 0 saturated heterocycles. The van der Waals surface area contributed by atoms with E-state index in [0.717, 1.165) is 27.3 Å². The van der Waals surface area contributed by atoms with E-state index in [0.29, 0.717) is 5.02 Å². The number of anilines is 1. The van der Waals surface area contributed by atoms with Gasteiger partial charge in [0.2, 0.25) is 21.8 Å². The van der Waals surface area contributed by atoms with Crippen LogP contribution in [0.4, 0.5) is 5.69 Å². The second-order valence-corrected chi connectivity index (χ2v) is 13.0. The molecule has 0 spiro atoms. The maximum Gasteiger partial charge on any atom is 0.244 e. The third kappa shape index (κ3) is 9.11. The minimum absolute atomic E-state index is 0.128. The number of aryl methyl sites for hydroxylation is 1. The van der Waals surface area contributed by atoms with Gasteiger partial charge in [0.25, 0.3) is 0 Å². The van der Waals surface area contributed by atoms with Gasteiger partial charge in [-0.1, -0.05) is 77.8 Å². The fraction of sp³-hybridized carbons (Fsp3) is 0.333. The van der Waals surface area contributed by atoms with Crippen LogP contribution < -0.4 is 9.62 Å². The van der Waals surface area contributed by atoms with Gasteiger partial charge >= 0.3 is 0 Å². The van der Waals surface area contributed by atoms with E-state index in [1.807, 2.05) is 82.3 Å². The SMILES string of the molecule is Cc1cccc(CN(C(=O)CN(c2cccc(Cl)c2)S(C)(=O)=O)[C@@H](Cc2ccccc2)C(=O)NC(C)(C)C)c1. The Balaban J connectivity index is 2.08. The summed E-state index contributed by atoms with van der Waals surface area (Å²) < 4.78 is 26.7. The molecule has 1 N–H and O–H groups in total. The number of amides is 2. The fourth-order valence-corrected chi connectivity index (χ4v) is 5.29. The summed E-state index contributed by atoms with van der Waals surface area (Å²) in [6.07, 6.45) is 1.30. The molecule has 0 aromatic heterocycles. The molecule has 7 nitrogen and oxygen atoms in total. The van der Waals surface area contributed by atoms with E-state index in [4.69, 9.17) is 11.6 Å². The molecule has 0 fully saturated rings. The monoisotopic (exact) mass is 569 g/mol. The largest absolute Gasteiger partial charge is 0.350 e. The summed E-state index contributed by atoms with van der Waals surface area (Å²) in [5, 5.41) is 3.36. The summed E-state index contributed by atoms with van der Waals surface area (Å²) in [5.74, 6) is -0.826. The van der Waals surface area contributed by atoms with E-state index >= 15 is 0 Å². The fourth-order valence-electron chi connectivity index (χ4n) is 4.26. The molecule has 3 aromatic carbocycles. The normalized spacial score (nSPS) is 12.5. The van der Waals surface area contributed by atoms with Crippen LogP contribution in [0.15, 0.2) is 78.9 Å². The summed E-state index contributed by atoms with van der Waals surface area (Å²) in [6, 6.07) is 22.6. The van der Waals surface area contributed by atoms with E-state index in [2.05, 4.69) is 5.32 Å². The van der Waals surface area contributed by atoms with Gasteiger partial charge in [0.15, 0.2) is 0 Å². The lowest BCUT2D eigenvalue weighted by Gasteiger charge is -2.35. The van der Waals surface area contributed by atoms with Crippen molar-refractivity contribution < 1.29 is 18.0 Å². The van der Waals surface area contributed by atoms with E-state index in [-0.39, 0.29) is 24.6 Å². The smallest absolute Gasteiger partial charge is 0.244 e. The zero-order valence-electron chi connectivity index (χ0n) is 23.0. The average molecular weight is 570 g/mol. The van der Waals surface area contributed by atoms with Crippen LogP contribution in [0, 0.1) is 6.92 Å². The molecule has 3 aromatic rings. The molecule has 208 valence electrons. The van der Waals surface area contributed by atoms with Gasteiger partial charge in [-0.2, -0.15) is 0 Å². The molecule has 0 unspecified atom stereocenters. The number of halogens is 1. The van der Waals surface area contributed by atoms with E-state index < -0.39 is 34.1 Å². The van der Waals surface area contributed by atoms with Gasteiger partial charge in [0.05, 0.1) is 11.9 Å². The van der Waals surface area contributed by atoms with Crippen LogP contribution in [-0.4, -0.2) is 49.5 Å². The third-order valence-electron chi connectivity index (χ3n) is 5.98. The van der Waals surface area contributed by atoms with E-state index in [1.54, 1.807) is 18.2 Å². The number of nitrogens with zero attached hydrogens (tertiary/aromatic N) is 2. The number of hydrogen-bond acceptors (Lipinski definition) is 4. The molecular weight excluding hydrogens is 534 g/mol. The van der Waals surface area contributed by atoms with Crippen LogP contribution in [-0.2, 0) is 32.6 Å². The van der Waals surface area contributed by atoms with Crippen molar-refractivity contribution in [1.29, 1.82) is 0 Å². The maximum atomic E-state index is 14.1. The molecule has 9 heteroatoms. The standard InChI is InChI=1S/C30H36ClN3O4S/c1-22-11-9-14-24(17-22)20-33(27(29(36)32-30(2,3)4)18-23-12-7-6-8-13-23)28(35)21-34(39(5,37)38)26-16-10-15-25(31)19-26/h6-17,19,27H,18,20-21H2,1-5H3,(H,32,36)/t27-/m0/s1. The van der Waals surface area contributed by atoms with Crippen molar-refractivity contribution in [1.82, 2.24) is 10.2 Å². The van der Waals surface area contributed by atoms with Gasteiger partial charge in [-0.3, -0.25) is 13.9 Å². The maximum absolute atomic E-state index is 14.1. The molecule has 0 radical (unpaired) electrons. The van der Waals surface area contributed by atoms with Crippen LogP contribution in [0.5, 0.6) is 0 Å². The molecule has 1 atom stereocenters. The van der Waals surface area contributed by atoms with Crippen molar-refractivity contribution in [2.75, 3.05) is 17.1 Å². The predicted octanol–water partition coefficient (Wildman–Crippen LogP) is 4.97. The first kappa shape index (κ1) is 30.2. The van der Waals surface area contributed by atoms with Crippen LogP contribution >= 0.6 is 11.6 Å². The second kappa shape index (κ2) is 12.7. The van der Waals surface area contributed by atoms with E-state index in [9.17, 15) is 18.0 Å². The predicted molar refractivity (Wildman–Crippen MR) is 157 cm³/mol. The highest BCUT2D eigenvalue weighted by Crippen LogP contribution is 2.23. The molecule has 0 aliphatic heterocycles. The highest BCUT2D eigenvalue weighted by Gasteiger charge is 2.34. The van der Waals surface area contributed by atoms with E-state index in [1.165, 1.54) is 11.0 Å². The zero-order chi connectivity index (χ0) is 28.8. The quantitative estimate of drug-likeness (QED) is 0.373. The zero-order valence-corrected chi connectivity index (χ0v) is 24.6. The molecule has 39 heavy (non-hydrogen) atoms. The number of rotatable bonds is 10. The molecular formula is C30H36ClN3O4S. The first-order valence-electron chi connectivity index (χ1n) is 12.7. The number of carbonyl (C=O) groups excluding carboxylic acids is 2.